The fourth-order valence-corrected chi connectivity index (χ4v) is 2.86. The SMILES string of the molecule is CN(C(=O)OC(C)(C)C)C1(C#N)CCC2(CC1)OCCO2. The van der Waals surface area contributed by atoms with Crippen molar-refractivity contribution in [3.05, 3.63) is 0 Å². The molecule has 2 rings (SSSR count). The molecular formula is C15H24N2O4. The van der Waals surface area contributed by atoms with Crippen molar-refractivity contribution in [3.8, 4) is 6.07 Å². The van der Waals surface area contributed by atoms with Gasteiger partial charge in [0, 0.05) is 19.9 Å². The lowest BCUT2D eigenvalue weighted by atomic mass is 9.78. The second-order valence-electron chi connectivity index (χ2n) is 6.79. The zero-order valence-electron chi connectivity index (χ0n) is 13.3. The summed E-state index contributed by atoms with van der Waals surface area (Å²) in [5.74, 6) is -0.547. The van der Waals surface area contributed by atoms with Crippen molar-refractivity contribution in [1.82, 2.24) is 4.90 Å². The summed E-state index contributed by atoms with van der Waals surface area (Å²) in [5.41, 5.74) is -1.42. The van der Waals surface area contributed by atoms with Crippen LogP contribution in [0.15, 0.2) is 0 Å². The number of amides is 1. The zero-order valence-corrected chi connectivity index (χ0v) is 13.3. The molecule has 0 radical (unpaired) electrons. The van der Waals surface area contributed by atoms with Crippen molar-refractivity contribution < 1.29 is 19.0 Å². The molecule has 1 heterocycles. The van der Waals surface area contributed by atoms with Crippen molar-refractivity contribution >= 4 is 6.09 Å². The lowest BCUT2D eigenvalue weighted by molar-refractivity contribution is -0.187. The summed E-state index contributed by atoms with van der Waals surface area (Å²) >= 11 is 0. The minimum absolute atomic E-state index is 0.465. The molecule has 2 fully saturated rings. The first-order chi connectivity index (χ1) is 9.72. The molecule has 0 atom stereocenters. The molecule has 0 bridgehead atoms. The van der Waals surface area contributed by atoms with Gasteiger partial charge in [0.05, 0.1) is 19.3 Å². The molecule has 0 unspecified atom stereocenters. The molecule has 6 heteroatoms. The highest BCUT2D eigenvalue weighted by atomic mass is 16.7. The van der Waals surface area contributed by atoms with Gasteiger partial charge in [-0.3, -0.25) is 4.90 Å². The first kappa shape index (κ1) is 16.1. The molecule has 1 aliphatic carbocycles. The Morgan fingerprint density at radius 2 is 1.71 bits per heavy atom. The van der Waals surface area contributed by atoms with Crippen LogP contribution in [0.2, 0.25) is 0 Å². The predicted molar refractivity (Wildman–Crippen MR) is 75.4 cm³/mol. The molecule has 0 aromatic rings. The second kappa shape index (κ2) is 5.47. The predicted octanol–water partition coefficient (Wildman–Crippen LogP) is 2.43. The van der Waals surface area contributed by atoms with Crippen LogP contribution in [0.1, 0.15) is 46.5 Å². The summed E-state index contributed by atoms with van der Waals surface area (Å²) in [4.78, 5) is 13.7. The van der Waals surface area contributed by atoms with Crippen molar-refractivity contribution in [3.63, 3.8) is 0 Å². The number of carbonyl (C=O) groups is 1. The quantitative estimate of drug-likeness (QED) is 0.743. The van der Waals surface area contributed by atoms with E-state index < -0.39 is 23.0 Å². The summed E-state index contributed by atoms with van der Waals surface area (Å²) in [7, 11) is 1.63. The number of rotatable bonds is 1. The standard InChI is InChI=1S/C15H24N2O4/c1-13(2,3)21-12(18)17(4)14(11-16)5-7-15(8-6-14)19-9-10-20-15/h5-10H2,1-4H3. The maximum Gasteiger partial charge on any atom is 0.411 e. The summed E-state index contributed by atoms with van der Waals surface area (Å²) in [6.07, 6.45) is 1.83. The number of ether oxygens (including phenoxy) is 3. The van der Waals surface area contributed by atoms with Gasteiger partial charge in [0.25, 0.3) is 0 Å². The van der Waals surface area contributed by atoms with E-state index in [0.717, 1.165) is 0 Å². The number of nitrogens with zero attached hydrogens (tertiary/aromatic N) is 2. The Balaban J connectivity index is 2.06. The third kappa shape index (κ3) is 3.30. The zero-order chi connectivity index (χ0) is 15.7. The molecule has 0 aromatic carbocycles. The van der Waals surface area contributed by atoms with Crippen molar-refractivity contribution in [2.45, 2.75) is 63.4 Å². The van der Waals surface area contributed by atoms with Gasteiger partial charge in [-0.05, 0) is 33.6 Å². The molecule has 118 valence electrons. The summed E-state index contributed by atoms with van der Waals surface area (Å²) in [6, 6.07) is 2.30. The third-order valence-corrected chi connectivity index (χ3v) is 4.17. The fraction of sp³-hybridized carbons (Fsp3) is 0.867. The second-order valence-corrected chi connectivity index (χ2v) is 6.79. The lowest BCUT2D eigenvalue weighted by Crippen LogP contribution is -2.54. The van der Waals surface area contributed by atoms with Crippen molar-refractivity contribution in [2.24, 2.45) is 0 Å². The maximum atomic E-state index is 12.2. The van der Waals surface area contributed by atoms with E-state index in [-0.39, 0.29) is 0 Å². The maximum absolute atomic E-state index is 12.2. The van der Waals surface area contributed by atoms with Gasteiger partial charge >= 0.3 is 6.09 Å². The summed E-state index contributed by atoms with van der Waals surface area (Å²) in [6.45, 7) is 6.64. The normalized spacial score (nSPS) is 23.6. The molecule has 0 aromatic heterocycles. The van der Waals surface area contributed by atoms with Gasteiger partial charge in [-0.1, -0.05) is 0 Å². The first-order valence-corrected chi connectivity index (χ1v) is 7.38. The average Bonchev–Trinajstić information content (AvgIpc) is 2.86. The largest absolute Gasteiger partial charge is 0.444 e. The fourth-order valence-electron chi connectivity index (χ4n) is 2.86. The molecule has 1 saturated heterocycles. The van der Waals surface area contributed by atoms with Crippen LogP contribution in [0.4, 0.5) is 4.79 Å². The van der Waals surface area contributed by atoms with E-state index in [0.29, 0.717) is 38.9 Å². The molecule has 0 N–H and O–H groups in total. The molecule has 1 amide bonds. The van der Waals surface area contributed by atoms with Gasteiger partial charge < -0.3 is 14.2 Å². The van der Waals surface area contributed by atoms with Gasteiger partial charge in [-0.25, -0.2) is 4.79 Å². The highest BCUT2D eigenvalue weighted by Crippen LogP contribution is 2.42. The van der Waals surface area contributed by atoms with Crippen LogP contribution in [0.3, 0.4) is 0 Å². The van der Waals surface area contributed by atoms with Crippen LogP contribution in [-0.4, -0.2) is 48.2 Å². The molecule has 6 nitrogen and oxygen atoms in total. The molecule has 1 spiro atoms. The van der Waals surface area contributed by atoms with Crippen LogP contribution >= 0.6 is 0 Å². The van der Waals surface area contributed by atoms with Gasteiger partial charge in [-0.2, -0.15) is 5.26 Å². The van der Waals surface area contributed by atoms with E-state index in [1.165, 1.54) is 4.90 Å². The monoisotopic (exact) mass is 296 g/mol. The van der Waals surface area contributed by atoms with Crippen molar-refractivity contribution in [2.75, 3.05) is 20.3 Å². The van der Waals surface area contributed by atoms with Crippen molar-refractivity contribution in [1.29, 1.82) is 5.26 Å². The Morgan fingerprint density at radius 1 is 1.19 bits per heavy atom. The number of hydrogen-bond donors (Lipinski definition) is 0. The summed E-state index contributed by atoms with van der Waals surface area (Å²) < 4.78 is 16.7. The van der Waals surface area contributed by atoms with E-state index in [4.69, 9.17) is 14.2 Å². The lowest BCUT2D eigenvalue weighted by Gasteiger charge is -2.44. The van der Waals surface area contributed by atoms with E-state index in [1.807, 2.05) is 20.8 Å². The topological polar surface area (TPSA) is 71.8 Å². The minimum Gasteiger partial charge on any atom is -0.444 e. The van der Waals surface area contributed by atoms with E-state index >= 15 is 0 Å². The Hall–Kier alpha value is -1.32. The highest BCUT2D eigenvalue weighted by molar-refractivity contribution is 5.69. The van der Waals surface area contributed by atoms with Crippen LogP contribution in [-0.2, 0) is 14.2 Å². The van der Waals surface area contributed by atoms with E-state index in [1.54, 1.807) is 7.05 Å². The number of hydrogen-bond acceptors (Lipinski definition) is 5. The molecular weight excluding hydrogens is 272 g/mol. The first-order valence-electron chi connectivity index (χ1n) is 7.38. The number of carbonyl (C=O) groups excluding carboxylic acids is 1. The van der Waals surface area contributed by atoms with Gasteiger partial charge in [-0.15, -0.1) is 0 Å². The highest BCUT2D eigenvalue weighted by Gasteiger charge is 2.50. The molecule has 1 saturated carbocycles. The summed E-state index contributed by atoms with van der Waals surface area (Å²) in [5, 5.41) is 9.61. The Kier molecular flexibility index (Phi) is 4.18. The van der Waals surface area contributed by atoms with E-state index in [2.05, 4.69) is 6.07 Å². The van der Waals surface area contributed by atoms with Crippen LogP contribution in [0.5, 0.6) is 0 Å². The van der Waals surface area contributed by atoms with Crippen LogP contribution in [0, 0.1) is 11.3 Å². The van der Waals surface area contributed by atoms with Gasteiger partial charge in [0.2, 0.25) is 0 Å². The smallest absolute Gasteiger partial charge is 0.411 e. The van der Waals surface area contributed by atoms with Crippen LogP contribution in [0.25, 0.3) is 0 Å². The van der Waals surface area contributed by atoms with Gasteiger partial charge in [0.15, 0.2) is 5.79 Å². The Labute approximate surface area is 125 Å². The molecule has 21 heavy (non-hydrogen) atoms. The number of nitriles is 1. The molecule has 2 aliphatic rings. The Morgan fingerprint density at radius 3 is 2.14 bits per heavy atom. The average molecular weight is 296 g/mol. The van der Waals surface area contributed by atoms with Crippen LogP contribution < -0.4 is 0 Å². The minimum atomic E-state index is -0.844. The molecule has 1 aliphatic heterocycles. The Bertz CT molecular complexity index is 434. The third-order valence-electron chi connectivity index (χ3n) is 4.17. The van der Waals surface area contributed by atoms with E-state index in [9.17, 15) is 10.1 Å². The van der Waals surface area contributed by atoms with Gasteiger partial charge in [0.1, 0.15) is 11.1 Å².